The molecule has 152 valence electrons. The lowest BCUT2D eigenvalue weighted by Crippen LogP contribution is -2.93. The van der Waals surface area contributed by atoms with Gasteiger partial charge in [0.25, 0.3) is 5.91 Å². The summed E-state index contributed by atoms with van der Waals surface area (Å²) in [5.74, 6) is 0.218. The van der Waals surface area contributed by atoms with E-state index in [-0.39, 0.29) is 22.9 Å². The molecular formula is C21H30N3O3S+. The van der Waals surface area contributed by atoms with Crippen LogP contribution in [-0.2, 0) is 21.2 Å². The molecule has 1 amide bonds. The smallest absolute Gasteiger partial charge is 0.282 e. The van der Waals surface area contributed by atoms with E-state index in [2.05, 4.69) is 55.7 Å². The fraction of sp³-hybridized carbons (Fsp3) is 0.381. The van der Waals surface area contributed by atoms with E-state index in [4.69, 9.17) is 5.14 Å². The summed E-state index contributed by atoms with van der Waals surface area (Å²) < 4.78 is 22.6. The molecule has 0 saturated heterocycles. The van der Waals surface area contributed by atoms with E-state index in [1.165, 1.54) is 35.4 Å². The van der Waals surface area contributed by atoms with Crippen molar-refractivity contribution in [2.24, 2.45) is 11.1 Å². The van der Waals surface area contributed by atoms with Crippen LogP contribution in [0.2, 0.25) is 0 Å². The third kappa shape index (κ3) is 5.89. The number of sulfonamides is 1. The predicted molar refractivity (Wildman–Crippen MR) is 111 cm³/mol. The minimum atomic E-state index is -3.74. The van der Waals surface area contributed by atoms with Gasteiger partial charge in [0.05, 0.1) is 4.90 Å². The van der Waals surface area contributed by atoms with Crippen molar-refractivity contribution in [2.75, 3.05) is 5.32 Å². The highest BCUT2D eigenvalue weighted by Gasteiger charge is 2.26. The Morgan fingerprint density at radius 2 is 1.61 bits per heavy atom. The van der Waals surface area contributed by atoms with Crippen LogP contribution in [0.25, 0.3) is 0 Å². The SMILES string of the molecule is CCc1ccc([C@@H]([NH2+][C@H](C)C(=O)Nc2ccc(S(N)(=O)=O)cc2)C(C)C)cc1. The summed E-state index contributed by atoms with van der Waals surface area (Å²) in [7, 11) is -3.74. The maximum absolute atomic E-state index is 12.6. The molecule has 0 radical (unpaired) electrons. The van der Waals surface area contributed by atoms with Crippen molar-refractivity contribution >= 4 is 21.6 Å². The van der Waals surface area contributed by atoms with Gasteiger partial charge in [-0.15, -0.1) is 0 Å². The van der Waals surface area contributed by atoms with E-state index < -0.39 is 10.0 Å². The third-order valence-electron chi connectivity index (χ3n) is 4.85. The Bertz CT molecular complexity index is 891. The number of benzene rings is 2. The molecule has 0 fully saturated rings. The standard InChI is InChI=1S/C21H29N3O3S/c1-5-16-6-8-17(9-7-16)20(14(2)3)23-15(4)21(25)24-18-10-12-19(13-11-18)28(22,26)27/h6-15,20,23H,5H2,1-4H3,(H,24,25)(H2,22,26,27)/p+1/t15-,20+/m1/s1. The molecular weight excluding hydrogens is 374 g/mol. The predicted octanol–water partition coefficient (Wildman–Crippen LogP) is 2.18. The second kappa shape index (κ2) is 9.32. The number of primary sulfonamides is 1. The van der Waals surface area contributed by atoms with E-state index in [0.717, 1.165) is 6.42 Å². The summed E-state index contributed by atoms with van der Waals surface area (Å²) in [6.45, 7) is 8.28. The number of carbonyl (C=O) groups is 1. The fourth-order valence-electron chi connectivity index (χ4n) is 3.08. The maximum Gasteiger partial charge on any atom is 0.282 e. The van der Waals surface area contributed by atoms with E-state index in [9.17, 15) is 13.2 Å². The fourth-order valence-corrected chi connectivity index (χ4v) is 3.59. The van der Waals surface area contributed by atoms with Crippen molar-refractivity contribution in [1.82, 2.24) is 0 Å². The largest absolute Gasteiger partial charge is 0.330 e. The lowest BCUT2D eigenvalue weighted by atomic mass is 9.94. The Labute approximate surface area is 167 Å². The maximum atomic E-state index is 12.6. The van der Waals surface area contributed by atoms with Crippen molar-refractivity contribution in [3.63, 3.8) is 0 Å². The first-order valence-electron chi connectivity index (χ1n) is 9.49. The number of anilines is 1. The average Bonchev–Trinajstić information content (AvgIpc) is 2.65. The Hall–Kier alpha value is -2.22. The van der Waals surface area contributed by atoms with Crippen LogP contribution < -0.4 is 15.8 Å². The number of rotatable bonds is 8. The van der Waals surface area contributed by atoms with E-state index in [1.807, 2.05) is 6.92 Å². The van der Waals surface area contributed by atoms with Crippen molar-refractivity contribution in [2.45, 2.75) is 51.1 Å². The molecule has 0 unspecified atom stereocenters. The molecule has 0 spiro atoms. The highest BCUT2D eigenvalue weighted by Crippen LogP contribution is 2.19. The van der Waals surface area contributed by atoms with Crippen LogP contribution in [0.1, 0.15) is 44.9 Å². The average molecular weight is 405 g/mol. The lowest BCUT2D eigenvalue weighted by molar-refractivity contribution is -0.718. The van der Waals surface area contributed by atoms with Crippen LogP contribution in [0.15, 0.2) is 53.4 Å². The highest BCUT2D eigenvalue weighted by atomic mass is 32.2. The van der Waals surface area contributed by atoms with Crippen LogP contribution in [0.5, 0.6) is 0 Å². The molecule has 2 aromatic carbocycles. The van der Waals surface area contributed by atoms with Crippen molar-refractivity contribution in [3.05, 3.63) is 59.7 Å². The monoisotopic (exact) mass is 404 g/mol. The zero-order chi connectivity index (χ0) is 20.9. The molecule has 28 heavy (non-hydrogen) atoms. The minimum absolute atomic E-state index is 0.0144. The van der Waals surface area contributed by atoms with Gasteiger partial charge in [-0.3, -0.25) is 4.79 Å². The number of carbonyl (C=O) groups excluding carboxylic acids is 1. The number of amides is 1. The molecule has 2 rings (SSSR count). The number of nitrogens with one attached hydrogen (secondary N) is 1. The van der Waals surface area contributed by atoms with E-state index in [1.54, 1.807) is 0 Å². The topological polar surface area (TPSA) is 106 Å². The van der Waals surface area contributed by atoms with Crippen molar-refractivity contribution < 1.29 is 18.5 Å². The molecule has 0 aromatic heterocycles. The zero-order valence-electron chi connectivity index (χ0n) is 16.8. The van der Waals surface area contributed by atoms with Crippen molar-refractivity contribution in [3.8, 4) is 0 Å². The number of aryl methyl sites for hydroxylation is 1. The first kappa shape index (κ1) is 22.1. The first-order valence-corrected chi connectivity index (χ1v) is 11.0. The van der Waals surface area contributed by atoms with Crippen LogP contribution in [0.4, 0.5) is 5.69 Å². The minimum Gasteiger partial charge on any atom is -0.330 e. The molecule has 0 heterocycles. The number of quaternary nitrogens is 1. The molecule has 0 aliphatic heterocycles. The lowest BCUT2D eigenvalue weighted by Gasteiger charge is -2.23. The third-order valence-corrected chi connectivity index (χ3v) is 5.78. The molecule has 6 nitrogen and oxygen atoms in total. The van der Waals surface area contributed by atoms with Crippen LogP contribution in [0, 0.1) is 5.92 Å². The van der Waals surface area contributed by atoms with Gasteiger partial charge in [-0.05, 0) is 43.2 Å². The zero-order valence-corrected chi connectivity index (χ0v) is 17.7. The van der Waals surface area contributed by atoms with Gasteiger partial charge < -0.3 is 10.6 Å². The second-order valence-corrected chi connectivity index (χ2v) is 8.97. The quantitative estimate of drug-likeness (QED) is 0.628. The number of hydrogen-bond acceptors (Lipinski definition) is 3. The van der Waals surface area contributed by atoms with Gasteiger partial charge in [0.2, 0.25) is 10.0 Å². The molecule has 0 aliphatic carbocycles. The Morgan fingerprint density at radius 1 is 1.04 bits per heavy atom. The summed E-state index contributed by atoms with van der Waals surface area (Å²) in [6, 6.07) is 14.2. The summed E-state index contributed by atoms with van der Waals surface area (Å²) in [5.41, 5.74) is 3.02. The van der Waals surface area contributed by atoms with E-state index >= 15 is 0 Å². The summed E-state index contributed by atoms with van der Waals surface area (Å²) >= 11 is 0. The van der Waals surface area contributed by atoms with Gasteiger partial charge in [-0.2, -0.15) is 0 Å². The van der Waals surface area contributed by atoms with Gasteiger partial charge in [0, 0.05) is 17.2 Å². The Morgan fingerprint density at radius 3 is 2.07 bits per heavy atom. The first-order chi connectivity index (χ1) is 13.1. The molecule has 7 heteroatoms. The summed E-state index contributed by atoms with van der Waals surface area (Å²) in [6.07, 6.45) is 0.999. The summed E-state index contributed by atoms with van der Waals surface area (Å²) in [4.78, 5) is 12.6. The molecule has 5 N–H and O–H groups in total. The molecule has 0 bridgehead atoms. The summed E-state index contributed by atoms with van der Waals surface area (Å²) in [5, 5.41) is 9.99. The molecule has 0 aliphatic rings. The number of nitrogens with two attached hydrogens (primary N) is 2. The van der Waals surface area contributed by atoms with Gasteiger partial charge >= 0.3 is 0 Å². The van der Waals surface area contributed by atoms with Crippen LogP contribution >= 0.6 is 0 Å². The van der Waals surface area contributed by atoms with Crippen LogP contribution in [0.3, 0.4) is 0 Å². The van der Waals surface area contributed by atoms with Crippen molar-refractivity contribution in [1.29, 1.82) is 0 Å². The van der Waals surface area contributed by atoms with Gasteiger partial charge in [-0.25, -0.2) is 13.6 Å². The Kier molecular flexibility index (Phi) is 7.35. The molecule has 2 aromatic rings. The van der Waals surface area contributed by atoms with Crippen LogP contribution in [-0.4, -0.2) is 20.4 Å². The van der Waals surface area contributed by atoms with E-state index in [0.29, 0.717) is 11.6 Å². The highest BCUT2D eigenvalue weighted by molar-refractivity contribution is 7.89. The van der Waals surface area contributed by atoms with Gasteiger partial charge in [0.15, 0.2) is 6.04 Å². The second-order valence-electron chi connectivity index (χ2n) is 7.40. The number of hydrogen-bond donors (Lipinski definition) is 3. The normalized spacial score (nSPS) is 13.9. The molecule has 2 atom stereocenters. The van der Waals surface area contributed by atoms with Gasteiger partial charge in [-0.1, -0.05) is 45.0 Å². The molecule has 0 saturated carbocycles. The Balaban J connectivity index is 2.06. The van der Waals surface area contributed by atoms with Gasteiger partial charge in [0.1, 0.15) is 6.04 Å².